The van der Waals surface area contributed by atoms with Crippen LogP contribution in [-0.2, 0) is 0 Å². The summed E-state index contributed by atoms with van der Waals surface area (Å²) in [4.78, 5) is 0. The summed E-state index contributed by atoms with van der Waals surface area (Å²) in [6, 6.07) is 0. The summed E-state index contributed by atoms with van der Waals surface area (Å²) in [5.74, 6) is 9.54. The third-order valence-corrected chi connectivity index (χ3v) is 8.46. The molecule has 4 bridgehead atoms. The summed E-state index contributed by atoms with van der Waals surface area (Å²) >= 11 is 0. The molecule has 17 heavy (non-hydrogen) atoms. The average molecular weight is 230 g/mol. The quantitative estimate of drug-likeness (QED) is 0.587. The first-order valence-corrected chi connectivity index (χ1v) is 8.23. The second kappa shape index (κ2) is 2.78. The molecule has 0 amide bonds. The predicted molar refractivity (Wildman–Crippen MR) is 69.4 cm³/mol. The highest BCUT2D eigenvalue weighted by Gasteiger charge is 2.70. The Hall–Kier alpha value is 0. The largest absolute Gasteiger partial charge is 0.0649 e. The van der Waals surface area contributed by atoms with Crippen molar-refractivity contribution in [2.75, 3.05) is 0 Å². The maximum Gasteiger partial charge on any atom is -0.0294 e. The van der Waals surface area contributed by atoms with E-state index in [1.807, 2.05) is 0 Å². The fraction of sp³-hybridized carbons (Fsp3) is 1.00. The summed E-state index contributed by atoms with van der Waals surface area (Å²) in [6.45, 7) is 5.08. The van der Waals surface area contributed by atoms with Gasteiger partial charge in [0.2, 0.25) is 0 Å². The van der Waals surface area contributed by atoms with Crippen molar-refractivity contribution in [2.24, 2.45) is 52.8 Å². The second-order valence-electron chi connectivity index (χ2n) is 8.44. The molecule has 0 heterocycles. The molecule has 0 aromatic rings. The lowest BCUT2D eigenvalue weighted by atomic mass is 9.53. The Morgan fingerprint density at radius 1 is 0.941 bits per heavy atom. The average Bonchev–Trinajstić information content (AvgIpc) is 2.92. The normalized spacial score (nSPS) is 70.2. The zero-order valence-electron chi connectivity index (χ0n) is 11.4. The molecule has 5 aliphatic carbocycles. The lowest BCUT2D eigenvalue weighted by molar-refractivity contribution is -0.0399. The van der Waals surface area contributed by atoms with Crippen LogP contribution in [0.15, 0.2) is 0 Å². The monoisotopic (exact) mass is 230 g/mol. The van der Waals surface area contributed by atoms with Crippen LogP contribution >= 0.6 is 0 Å². The summed E-state index contributed by atoms with van der Waals surface area (Å²) in [5.41, 5.74) is 0.746. The van der Waals surface area contributed by atoms with Crippen LogP contribution in [0.3, 0.4) is 0 Å². The molecule has 0 aliphatic heterocycles. The van der Waals surface area contributed by atoms with E-state index in [0.717, 1.165) is 17.3 Å². The Kier molecular flexibility index (Phi) is 1.61. The Morgan fingerprint density at radius 3 is 2.29 bits per heavy atom. The summed E-state index contributed by atoms with van der Waals surface area (Å²) < 4.78 is 0. The standard InChI is InChI=1S/C17H26/c1-3-17(2)8-9-6-14(17)16-13-7-12(15(9)16)10-4-5-11(10)13/h9-16H,3-8H2,1-2H3. The van der Waals surface area contributed by atoms with Crippen molar-refractivity contribution in [1.82, 2.24) is 0 Å². The predicted octanol–water partition coefficient (Wildman–Crippen LogP) is 4.35. The van der Waals surface area contributed by atoms with Crippen LogP contribution in [0.2, 0.25) is 0 Å². The first-order chi connectivity index (χ1) is 8.23. The molecular weight excluding hydrogens is 204 g/mol. The number of rotatable bonds is 1. The summed E-state index contributed by atoms with van der Waals surface area (Å²) in [6.07, 6.45) is 9.55. The van der Waals surface area contributed by atoms with Gasteiger partial charge in [-0.25, -0.2) is 0 Å². The van der Waals surface area contributed by atoms with Crippen molar-refractivity contribution >= 4 is 0 Å². The highest BCUT2D eigenvalue weighted by molar-refractivity contribution is 5.18. The summed E-state index contributed by atoms with van der Waals surface area (Å²) in [7, 11) is 0. The molecule has 94 valence electrons. The molecule has 5 rings (SSSR count). The van der Waals surface area contributed by atoms with Gasteiger partial charge in [-0.1, -0.05) is 20.3 Å². The first-order valence-electron chi connectivity index (χ1n) is 8.23. The van der Waals surface area contributed by atoms with Crippen molar-refractivity contribution < 1.29 is 0 Å². The third-order valence-electron chi connectivity index (χ3n) is 8.46. The molecule has 9 unspecified atom stereocenters. The van der Waals surface area contributed by atoms with Crippen molar-refractivity contribution in [2.45, 2.75) is 52.4 Å². The van der Waals surface area contributed by atoms with E-state index in [2.05, 4.69) is 13.8 Å². The fourth-order valence-electron chi connectivity index (χ4n) is 7.73. The van der Waals surface area contributed by atoms with Gasteiger partial charge >= 0.3 is 0 Å². The SMILES string of the molecule is CCC1(C)CC2CC1C1C3CC(C4CCC43)C21. The minimum Gasteiger partial charge on any atom is -0.0649 e. The van der Waals surface area contributed by atoms with Gasteiger partial charge in [-0.15, -0.1) is 0 Å². The van der Waals surface area contributed by atoms with Gasteiger partial charge in [0.25, 0.3) is 0 Å². The minimum absolute atomic E-state index is 0.746. The van der Waals surface area contributed by atoms with Crippen LogP contribution in [0.5, 0.6) is 0 Å². The van der Waals surface area contributed by atoms with Gasteiger partial charge in [0, 0.05) is 0 Å². The zero-order valence-corrected chi connectivity index (χ0v) is 11.4. The van der Waals surface area contributed by atoms with E-state index < -0.39 is 0 Å². The van der Waals surface area contributed by atoms with E-state index in [1.165, 1.54) is 41.9 Å². The Balaban J connectivity index is 1.55. The zero-order chi connectivity index (χ0) is 11.4. The molecule has 9 atom stereocenters. The van der Waals surface area contributed by atoms with Crippen LogP contribution in [-0.4, -0.2) is 0 Å². The van der Waals surface area contributed by atoms with Gasteiger partial charge in [-0.05, 0) is 84.9 Å². The topological polar surface area (TPSA) is 0 Å². The van der Waals surface area contributed by atoms with Gasteiger partial charge in [0.05, 0.1) is 0 Å². The van der Waals surface area contributed by atoms with Crippen molar-refractivity contribution in [3.8, 4) is 0 Å². The van der Waals surface area contributed by atoms with E-state index >= 15 is 0 Å². The molecule has 5 fully saturated rings. The number of fused-ring (bicyclic) bond motifs is 12. The summed E-state index contributed by atoms with van der Waals surface area (Å²) in [5, 5.41) is 0. The van der Waals surface area contributed by atoms with Gasteiger partial charge in [0.15, 0.2) is 0 Å². The van der Waals surface area contributed by atoms with Crippen LogP contribution in [0.1, 0.15) is 52.4 Å². The van der Waals surface area contributed by atoms with Crippen LogP contribution in [0.25, 0.3) is 0 Å². The van der Waals surface area contributed by atoms with E-state index in [0.29, 0.717) is 0 Å². The van der Waals surface area contributed by atoms with Crippen LogP contribution < -0.4 is 0 Å². The number of hydrogen-bond acceptors (Lipinski definition) is 0. The smallest absolute Gasteiger partial charge is 0.0294 e. The Morgan fingerprint density at radius 2 is 1.65 bits per heavy atom. The maximum atomic E-state index is 2.62. The van der Waals surface area contributed by atoms with Crippen LogP contribution in [0, 0.1) is 52.8 Å². The lowest BCUT2D eigenvalue weighted by Gasteiger charge is -2.52. The van der Waals surface area contributed by atoms with Crippen molar-refractivity contribution in [1.29, 1.82) is 0 Å². The Bertz CT molecular complexity index is 372. The molecule has 0 radical (unpaired) electrons. The molecule has 0 spiro atoms. The molecule has 0 nitrogen and oxygen atoms in total. The first kappa shape index (κ1) is 9.87. The van der Waals surface area contributed by atoms with Crippen molar-refractivity contribution in [3.63, 3.8) is 0 Å². The third kappa shape index (κ3) is 0.901. The molecule has 0 N–H and O–H groups in total. The molecule has 0 heteroatoms. The fourth-order valence-corrected chi connectivity index (χ4v) is 7.73. The minimum atomic E-state index is 0.746. The van der Waals surface area contributed by atoms with Gasteiger partial charge < -0.3 is 0 Å². The molecule has 5 saturated carbocycles. The second-order valence-corrected chi connectivity index (χ2v) is 8.44. The maximum absolute atomic E-state index is 2.62. The lowest BCUT2D eigenvalue weighted by Crippen LogP contribution is -2.46. The van der Waals surface area contributed by atoms with Gasteiger partial charge in [-0.2, -0.15) is 0 Å². The Labute approximate surface area is 106 Å². The van der Waals surface area contributed by atoms with E-state index in [-0.39, 0.29) is 0 Å². The van der Waals surface area contributed by atoms with Gasteiger partial charge in [-0.3, -0.25) is 0 Å². The highest BCUT2D eigenvalue weighted by Crippen LogP contribution is 2.77. The van der Waals surface area contributed by atoms with Gasteiger partial charge in [0.1, 0.15) is 0 Å². The highest BCUT2D eigenvalue weighted by atomic mass is 14.7. The van der Waals surface area contributed by atoms with Crippen LogP contribution in [0.4, 0.5) is 0 Å². The molecule has 0 aromatic heterocycles. The molecule has 0 aromatic carbocycles. The molecule has 0 saturated heterocycles. The van der Waals surface area contributed by atoms with Crippen molar-refractivity contribution in [3.05, 3.63) is 0 Å². The van der Waals surface area contributed by atoms with E-state index in [1.54, 1.807) is 32.1 Å². The van der Waals surface area contributed by atoms with E-state index in [4.69, 9.17) is 0 Å². The molecule has 5 aliphatic rings. The molecular formula is C17H26. The number of hydrogen-bond donors (Lipinski definition) is 0. The van der Waals surface area contributed by atoms with E-state index in [9.17, 15) is 0 Å².